The van der Waals surface area contributed by atoms with Crippen LogP contribution in [0.15, 0.2) is 0 Å². The molecule has 0 aromatic carbocycles. The lowest BCUT2D eigenvalue weighted by Crippen LogP contribution is -2.45. The summed E-state index contributed by atoms with van der Waals surface area (Å²) in [5, 5.41) is 0. The molecule has 2 heterocycles. The summed E-state index contributed by atoms with van der Waals surface area (Å²) in [6.45, 7) is 7.56. The normalized spacial score (nSPS) is 32.0. The molecule has 3 fully saturated rings. The van der Waals surface area contributed by atoms with Gasteiger partial charge in [0, 0.05) is 32.0 Å². The van der Waals surface area contributed by atoms with E-state index in [1.165, 1.54) is 77.4 Å². The van der Waals surface area contributed by atoms with E-state index in [0.717, 1.165) is 19.0 Å². The Labute approximate surface area is 130 Å². The van der Waals surface area contributed by atoms with Crippen molar-refractivity contribution in [1.82, 2.24) is 9.80 Å². The van der Waals surface area contributed by atoms with Crippen LogP contribution in [-0.2, 0) is 4.79 Å². The van der Waals surface area contributed by atoms with E-state index in [0.29, 0.717) is 5.41 Å². The molecule has 2 saturated heterocycles. The Bertz CT molecular complexity index is 364. The highest BCUT2D eigenvalue weighted by Gasteiger charge is 2.41. The van der Waals surface area contributed by atoms with Crippen molar-refractivity contribution in [3.8, 4) is 0 Å². The molecule has 3 rings (SSSR count). The van der Waals surface area contributed by atoms with E-state index < -0.39 is 0 Å². The van der Waals surface area contributed by atoms with Gasteiger partial charge in [0.1, 0.15) is 0 Å². The van der Waals surface area contributed by atoms with Crippen molar-refractivity contribution in [3.63, 3.8) is 0 Å². The third kappa shape index (κ3) is 3.80. The second-order valence-corrected chi connectivity index (χ2v) is 7.86. The van der Waals surface area contributed by atoms with Crippen LogP contribution in [0.3, 0.4) is 0 Å². The largest absolute Gasteiger partial charge is 0.342 e. The monoisotopic (exact) mass is 292 g/mol. The number of amides is 1. The first-order valence-corrected chi connectivity index (χ1v) is 9.15. The number of carbonyl (C=O) groups excluding carboxylic acids is 1. The van der Waals surface area contributed by atoms with Crippen molar-refractivity contribution in [2.45, 2.75) is 64.7 Å². The summed E-state index contributed by atoms with van der Waals surface area (Å²) in [5.41, 5.74) is 0.427. The quantitative estimate of drug-likeness (QED) is 0.797. The molecule has 0 N–H and O–H groups in total. The Morgan fingerprint density at radius 2 is 1.86 bits per heavy atom. The minimum Gasteiger partial charge on any atom is -0.342 e. The number of likely N-dealkylation sites (tertiary alicyclic amines) is 2. The molecule has 21 heavy (non-hydrogen) atoms. The highest BCUT2D eigenvalue weighted by atomic mass is 16.2. The van der Waals surface area contributed by atoms with Crippen LogP contribution in [0.4, 0.5) is 0 Å². The summed E-state index contributed by atoms with van der Waals surface area (Å²) in [4.78, 5) is 16.4. The highest BCUT2D eigenvalue weighted by molar-refractivity contribution is 5.73. The fraction of sp³-hybridized carbons (Fsp3) is 0.944. The van der Waals surface area contributed by atoms with E-state index in [-0.39, 0.29) is 5.91 Å². The highest BCUT2D eigenvalue weighted by Crippen LogP contribution is 2.39. The molecule has 0 aromatic heterocycles. The first-order chi connectivity index (χ1) is 10.2. The molecule has 3 nitrogen and oxygen atoms in total. The summed E-state index contributed by atoms with van der Waals surface area (Å²) >= 11 is 0. The lowest BCUT2D eigenvalue weighted by molar-refractivity contribution is -0.128. The van der Waals surface area contributed by atoms with Crippen molar-refractivity contribution in [3.05, 3.63) is 0 Å². The van der Waals surface area contributed by atoms with E-state index in [4.69, 9.17) is 0 Å². The van der Waals surface area contributed by atoms with Gasteiger partial charge in [0.15, 0.2) is 0 Å². The minimum absolute atomic E-state index is 0.270. The predicted molar refractivity (Wildman–Crippen MR) is 86.2 cm³/mol. The van der Waals surface area contributed by atoms with E-state index in [2.05, 4.69) is 9.80 Å². The standard InChI is InChI=1S/C18H32N2O/c1-16(21)20-13-10-18(15-20)9-5-11-19(14-18)12-8-17-6-3-2-4-7-17/h17H,2-15H2,1H3. The van der Waals surface area contributed by atoms with Gasteiger partial charge in [0.25, 0.3) is 0 Å². The van der Waals surface area contributed by atoms with E-state index >= 15 is 0 Å². The zero-order chi connectivity index (χ0) is 14.7. The van der Waals surface area contributed by atoms with Crippen LogP contribution < -0.4 is 0 Å². The van der Waals surface area contributed by atoms with Crippen LogP contribution in [0.5, 0.6) is 0 Å². The second kappa shape index (κ2) is 6.68. The molecule has 1 unspecified atom stereocenters. The van der Waals surface area contributed by atoms with E-state index in [9.17, 15) is 4.79 Å². The van der Waals surface area contributed by atoms with E-state index in [1.54, 1.807) is 6.92 Å². The molecular weight excluding hydrogens is 260 g/mol. The number of rotatable bonds is 3. The van der Waals surface area contributed by atoms with Crippen molar-refractivity contribution < 1.29 is 4.79 Å². The third-order valence-electron chi connectivity index (χ3n) is 6.20. The Morgan fingerprint density at radius 3 is 2.57 bits per heavy atom. The van der Waals surface area contributed by atoms with Gasteiger partial charge in [0.2, 0.25) is 5.91 Å². The zero-order valence-electron chi connectivity index (χ0n) is 13.8. The topological polar surface area (TPSA) is 23.6 Å². The number of carbonyl (C=O) groups is 1. The molecule has 3 heteroatoms. The maximum atomic E-state index is 11.6. The Morgan fingerprint density at radius 1 is 1.05 bits per heavy atom. The Kier molecular flexibility index (Phi) is 4.88. The molecule has 3 aliphatic rings. The molecule has 1 spiro atoms. The van der Waals surface area contributed by atoms with Gasteiger partial charge in [-0.25, -0.2) is 0 Å². The first kappa shape index (κ1) is 15.3. The Balaban J connectivity index is 1.48. The molecule has 0 bridgehead atoms. The molecule has 1 atom stereocenters. The van der Waals surface area contributed by atoms with Gasteiger partial charge in [-0.1, -0.05) is 32.1 Å². The van der Waals surface area contributed by atoms with Gasteiger partial charge in [-0.05, 0) is 44.7 Å². The number of hydrogen-bond donors (Lipinski definition) is 0. The van der Waals surface area contributed by atoms with Crippen LogP contribution >= 0.6 is 0 Å². The Hall–Kier alpha value is -0.570. The molecule has 0 aromatic rings. The molecular formula is C18H32N2O. The average molecular weight is 292 g/mol. The summed E-state index contributed by atoms with van der Waals surface area (Å²) in [5.74, 6) is 1.26. The van der Waals surface area contributed by atoms with Crippen molar-refractivity contribution in [2.75, 3.05) is 32.7 Å². The molecule has 120 valence electrons. The number of hydrogen-bond acceptors (Lipinski definition) is 2. The van der Waals surface area contributed by atoms with Crippen LogP contribution in [0.1, 0.15) is 64.7 Å². The van der Waals surface area contributed by atoms with Gasteiger partial charge in [-0.15, -0.1) is 0 Å². The maximum Gasteiger partial charge on any atom is 0.219 e. The molecule has 0 radical (unpaired) electrons. The average Bonchev–Trinajstić information content (AvgIpc) is 2.90. The predicted octanol–water partition coefficient (Wildman–Crippen LogP) is 3.29. The van der Waals surface area contributed by atoms with E-state index in [1.807, 2.05) is 0 Å². The minimum atomic E-state index is 0.270. The molecule has 1 saturated carbocycles. The van der Waals surface area contributed by atoms with Gasteiger partial charge in [0.05, 0.1) is 0 Å². The summed E-state index contributed by atoms with van der Waals surface area (Å²) < 4.78 is 0. The fourth-order valence-corrected chi connectivity index (χ4v) is 4.88. The summed E-state index contributed by atoms with van der Waals surface area (Å²) in [7, 11) is 0. The van der Waals surface area contributed by atoms with Gasteiger partial charge in [-0.2, -0.15) is 0 Å². The fourth-order valence-electron chi connectivity index (χ4n) is 4.88. The zero-order valence-corrected chi connectivity index (χ0v) is 13.8. The smallest absolute Gasteiger partial charge is 0.219 e. The second-order valence-electron chi connectivity index (χ2n) is 7.86. The van der Waals surface area contributed by atoms with Crippen LogP contribution in [0.2, 0.25) is 0 Å². The number of piperidine rings is 1. The summed E-state index contributed by atoms with van der Waals surface area (Å²) in [6, 6.07) is 0. The SMILES string of the molecule is CC(=O)N1CCC2(CCCN(CCC3CCCCC3)C2)C1. The van der Waals surface area contributed by atoms with Gasteiger partial charge in [-0.3, -0.25) is 4.79 Å². The van der Waals surface area contributed by atoms with Crippen LogP contribution in [-0.4, -0.2) is 48.4 Å². The maximum absolute atomic E-state index is 11.6. The van der Waals surface area contributed by atoms with Crippen molar-refractivity contribution in [2.24, 2.45) is 11.3 Å². The third-order valence-corrected chi connectivity index (χ3v) is 6.20. The molecule has 2 aliphatic heterocycles. The van der Waals surface area contributed by atoms with Gasteiger partial charge < -0.3 is 9.80 Å². The van der Waals surface area contributed by atoms with Crippen LogP contribution in [0.25, 0.3) is 0 Å². The summed E-state index contributed by atoms with van der Waals surface area (Å²) in [6.07, 6.45) is 12.6. The molecule has 1 amide bonds. The van der Waals surface area contributed by atoms with Gasteiger partial charge >= 0.3 is 0 Å². The lowest BCUT2D eigenvalue weighted by atomic mass is 9.79. The number of nitrogens with zero attached hydrogens (tertiary/aromatic N) is 2. The van der Waals surface area contributed by atoms with Crippen molar-refractivity contribution in [1.29, 1.82) is 0 Å². The van der Waals surface area contributed by atoms with Crippen LogP contribution in [0, 0.1) is 11.3 Å². The van der Waals surface area contributed by atoms with Crippen molar-refractivity contribution >= 4 is 5.91 Å². The first-order valence-electron chi connectivity index (χ1n) is 9.15. The lowest BCUT2D eigenvalue weighted by Gasteiger charge is -2.41. The molecule has 1 aliphatic carbocycles.